The van der Waals surface area contributed by atoms with Gasteiger partial charge >= 0.3 is 0 Å². The molecule has 0 aliphatic carbocycles. The van der Waals surface area contributed by atoms with E-state index in [0.717, 1.165) is 18.1 Å². The van der Waals surface area contributed by atoms with Crippen molar-refractivity contribution in [3.05, 3.63) is 18.1 Å². The van der Waals surface area contributed by atoms with Crippen molar-refractivity contribution in [1.29, 1.82) is 0 Å². The van der Waals surface area contributed by atoms with Crippen molar-refractivity contribution in [1.82, 2.24) is 14.9 Å². The second-order valence-corrected chi connectivity index (χ2v) is 5.62. The Morgan fingerprint density at radius 3 is 2.78 bits per heavy atom. The molecule has 0 N–H and O–H groups in total. The first-order valence-electron chi connectivity index (χ1n) is 6.81. The number of anilines is 1. The van der Waals surface area contributed by atoms with Crippen molar-refractivity contribution in [2.75, 3.05) is 32.1 Å². The standard InChI is InChI=1S/C14H24N4/c1-11(2)18-7-5-6-12(10-18)13-8-15-9-14(16-13)17(3)4/h8-9,11-12H,5-7,10H2,1-4H3/t12-/m1/s1. The SMILES string of the molecule is CC(C)N1CCC[C@@H](c2cncc(N(C)C)n2)C1. The molecule has 18 heavy (non-hydrogen) atoms. The van der Waals surface area contributed by atoms with Crippen LogP contribution in [0.2, 0.25) is 0 Å². The third kappa shape index (κ3) is 2.99. The Morgan fingerprint density at radius 1 is 1.33 bits per heavy atom. The summed E-state index contributed by atoms with van der Waals surface area (Å²) in [4.78, 5) is 13.6. The zero-order valence-electron chi connectivity index (χ0n) is 11.9. The summed E-state index contributed by atoms with van der Waals surface area (Å²) in [5.41, 5.74) is 1.14. The molecule has 100 valence electrons. The van der Waals surface area contributed by atoms with Crippen LogP contribution in [0.5, 0.6) is 0 Å². The lowest BCUT2D eigenvalue weighted by Crippen LogP contribution is -2.39. The first kappa shape index (κ1) is 13.3. The van der Waals surface area contributed by atoms with Gasteiger partial charge in [-0.3, -0.25) is 4.98 Å². The largest absolute Gasteiger partial charge is 0.361 e. The van der Waals surface area contributed by atoms with Crippen LogP contribution < -0.4 is 4.90 Å². The highest BCUT2D eigenvalue weighted by Crippen LogP contribution is 2.27. The molecule has 0 aromatic carbocycles. The van der Waals surface area contributed by atoms with Gasteiger partial charge in [0.05, 0.1) is 11.9 Å². The summed E-state index contributed by atoms with van der Waals surface area (Å²) in [5, 5.41) is 0. The molecule has 1 aliphatic heterocycles. The van der Waals surface area contributed by atoms with E-state index in [-0.39, 0.29) is 0 Å². The number of rotatable bonds is 3. The van der Waals surface area contributed by atoms with E-state index in [2.05, 4.69) is 23.7 Å². The molecule has 1 saturated heterocycles. The molecule has 1 aromatic rings. The van der Waals surface area contributed by atoms with E-state index in [9.17, 15) is 0 Å². The molecule has 4 heteroatoms. The van der Waals surface area contributed by atoms with Crippen molar-refractivity contribution in [3.8, 4) is 0 Å². The fourth-order valence-corrected chi connectivity index (χ4v) is 2.50. The summed E-state index contributed by atoms with van der Waals surface area (Å²) < 4.78 is 0. The topological polar surface area (TPSA) is 32.3 Å². The van der Waals surface area contributed by atoms with Gasteiger partial charge in [0.15, 0.2) is 0 Å². The highest BCUT2D eigenvalue weighted by Gasteiger charge is 2.24. The number of likely N-dealkylation sites (tertiary alicyclic amines) is 1. The van der Waals surface area contributed by atoms with Gasteiger partial charge in [0.1, 0.15) is 5.82 Å². The second-order valence-electron chi connectivity index (χ2n) is 5.62. The van der Waals surface area contributed by atoms with Crippen LogP contribution in [0.3, 0.4) is 0 Å². The lowest BCUT2D eigenvalue weighted by Gasteiger charge is -2.35. The number of piperidine rings is 1. The summed E-state index contributed by atoms with van der Waals surface area (Å²) in [6.07, 6.45) is 6.25. The number of hydrogen-bond acceptors (Lipinski definition) is 4. The fourth-order valence-electron chi connectivity index (χ4n) is 2.50. The first-order chi connectivity index (χ1) is 8.58. The minimum absolute atomic E-state index is 0.536. The van der Waals surface area contributed by atoms with E-state index in [0.29, 0.717) is 12.0 Å². The maximum absolute atomic E-state index is 4.73. The van der Waals surface area contributed by atoms with Crippen LogP contribution in [0.1, 0.15) is 38.3 Å². The van der Waals surface area contributed by atoms with Gasteiger partial charge in [-0.25, -0.2) is 4.98 Å². The van der Waals surface area contributed by atoms with Crippen LogP contribution in [-0.2, 0) is 0 Å². The summed E-state index contributed by atoms with van der Waals surface area (Å²) in [7, 11) is 4.02. The minimum Gasteiger partial charge on any atom is -0.361 e. The van der Waals surface area contributed by atoms with Crippen LogP contribution in [-0.4, -0.2) is 48.1 Å². The molecular formula is C14H24N4. The zero-order chi connectivity index (χ0) is 13.1. The normalized spacial score (nSPS) is 21.3. The van der Waals surface area contributed by atoms with Gasteiger partial charge in [0.2, 0.25) is 0 Å². The van der Waals surface area contributed by atoms with Gasteiger partial charge in [0, 0.05) is 38.8 Å². The third-order valence-corrected chi connectivity index (χ3v) is 3.70. The van der Waals surface area contributed by atoms with Gasteiger partial charge in [-0.15, -0.1) is 0 Å². The average molecular weight is 248 g/mol. The zero-order valence-corrected chi connectivity index (χ0v) is 11.9. The molecule has 0 amide bonds. The lowest BCUT2D eigenvalue weighted by molar-refractivity contribution is 0.166. The Labute approximate surface area is 110 Å². The van der Waals surface area contributed by atoms with E-state index in [4.69, 9.17) is 4.98 Å². The Hall–Kier alpha value is -1.16. The number of aromatic nitrogens is 2. The fraction of sp³-hybridized carbons (Fsp3) is 0.714. The first-order valence-corrected chi connectivity index (χ1v) is 6.81. The molecule has 0 spiro atoms. The minimum atomic E-state index is 0.536. The predicted molar refractivity (Wildman–Crippen MR) is 75.0 cm³/mol. The molecule has 2 heterocycles. The molecule has 0 unspecified atom stereocenters. The van der Waals surface area contributed by atoms with Gasteiger partial charge in [0.25, 0.3) is 0 Å². The maximum atomic E-state index is 4.73. The predicted octanol–water partition coefficient (Wildman–Crippen LogP) is 2.13. The van der Waals surface area contributed by atoms with Crippen LogP contribution >= 0.6 is 0 Å². The van der Waals surface area contributed by atoms with Crippen molar-refractivity contribution in [2.45, 2.75) is 38.6 Å². The van der Waals surface area contributed by atoms with Crippen LogP contribution in [0, 0.1) is 0 Å². The molecule has 1 aliphatic rings. The summed E-state index contributed by atoms with van der Waals surface area (Å²) >= 11 is 0. The van der Waals surface area contributed by atoms with Crippen LogP contribution in [0.4, 0.5) is 5.82 Å². The van der Waals surface area contributed by atoms with Crippen molar-refractivity contribution in [3.63, 3.8) is 0 Å². The van der Waals surface area contributed by atoms with Crippen LogP contribution in [0.25, 0.3) is 0 Å². The summed E-state index contributed by atoms with van der Waals surface area (Å²) in [6, 6.07) is 0.623. The number of hydrogen-bond donors (Lipinski definition) is 0. The van der Waals surface area contributed by atoms with Crippen molar-refractivity contribution < 1.29 is 0 Å². The quantitative estimate of drug-likeness (QED) is 0.820. The van der Waals surface area contributed by atoms with Gasteiger partial charge in [-0.1, -0.05) is 0 Å². The Balaban J connectivity index is 2.13. The molecule has 4 nitrogen and oxygen atoms in total. The lowest BCUT2D eigenvalue weighted by atomic mass is 9.94. The Bertz CT molecular complexity index is 389. The van der Waals surface area contributed by atoms with E-state index >= 15 is 0 Å². The monoisotopic (exact) mass is 248 g/mol. The van der Waals surface area contributed by atoms with Gasteiger partial charge < -0.3 is 9.80 Å². The van der Waals surface area contributed by atoms with Gasteiger partial charge in [-0.2, -0.15) is 0 Å². The van der Waals surface area contributed by atoms with E-state index < -0.39 is 0 Å². The van der Waals surface area contributed by atoms with Crippen LogP contribution in [0.15, 0.2) is 12.4 Å². The molecule has 0 saturated carbocycles. The van der Waals surface area contributed by atoms with E-state index in [1.54, 1.807) is 0 Å². The molecule has 0 bridgehead atoms. The van der Waals surface area contributed by atoms with Crippen molar-refractivity contribution >= 4 is 5.82 Å². The molecular weight excluding hydrogens is 224 g/mol. The maximum Gasteiger partial charge on any atom is 0.146 e. The molecule has 1 fully saturated rings. The smallest absolute Gasteiger partial charge is 0.146 e. The highest BCUT2D eigenvalue weighted by molar-refractivity contribution is 5.34. The second kappa shape index (κ2) is 5.65. The Kier molecular flexibility index (Phi) is 4.17. The molecule has 1 aromatic heterocycles. The van der Waals surface area contributed by atoms with Gasteiger partial charge in [-0.05, 0) is 33.2 Å². The molecule has 2 rings (SSSR count). The number of nitrogens with zero attached hydrogens (tertiary/aromatic N) is 4. The van der Waals surface area contributed by atoms with Crippen molar-refractivity contribution in [2.24, 2.45) is 0 Å². The average Bonchev–Trinajstić information content (AvgIpc) is 2.39. The summed E-state index contributed by atoms with van der Waals surface area (Å²) in [5.74, 6) is 1.49. The molecule has 0 radical (unpaired) electrons. The third-order valence-electron chi connectivity index (χ3n) is 3.70. The Morgan fingerprint density at radius 2 is 2.11 bits per heavy atom. The highest BCUT2D eigenvalue weighted by atomic mass is 15.2. The van der Waals surface area contributed by atoms with E-state index in [1.807, 2.05) is 31.4 Å². The van der Waals surface area contributed by atoms with E-state index in [1.165, 1.54) is 19.4 Å². The summed E-state index contributed by atoms with van der Waals surface area (Å²) in [6.45, 7) is 6.87. The molecule has 1 atom stereocenters.